The van der Waals surface area contributed by atoms with Crippen molar-refractivity contribution in [1.29, 1.82) is 0 Å². The van der Waals surface area contributed by atoms with E-state index in [4.69, 9.17) is 9.47 Å². The summed E-state index contributed by atoms with van der Waals surface area (Å²) in [4.78, 5) is 33.3. The molecule has 2 atom stereocenters. The highest BCUT2D eigenvalue weighted by Gasteiger charge is 2.46. The van der Waals surface area contributed by atoms with Gasteiger partial charge in [-0.25, -0.2) is 0 Å². The van der Waals surface area contributed by atoms with Gasteiger partial charge in [0.2, 0.25) is 18.6 Å². The molecule has 2 amide bonds. The second-order valence-electron chi connectivity index (χ2n) is 6.78. The lowest BCUT2D eigenvalue weighted by molar-refractivity contribution is -0.157. The van der Waals surface area contributed by atoms with E-state index in [1.165, 1.54) is 4.90 Å². The summed E-state index contributed by atoms with van der Waals surface area (Å²) in [6, 6.07) is 8.55. The van der Waals surface area contributed by atoms with Gasteiger partial charge in [-0.1, -0.05) is 12.1 Å². The lowest BCUT2D eigenvalue weighted by Gasteiger charge is -2.46. The third kappa shape index (κ3) is 2.09. The molecule has 1 fully saturated rings. The van der Waals surface area contributed by atoms with Crippen LogP contribution < -0.4 is 9.47 Å². The van der Waals surface area contributed by atoms with E-state index in [-0.39, 0.29) is 25.2 Å². The normalized spacial score (nSPS) is 23.7. The van der Waals surface area contributed by atoms with Gasteiger partial charge in [0.25, 0.3) is 0 Å². The van der Waals surface area contributed by atoms with Gasteiger partial charge in [0, 0.05) is 19.7 Å². The van der Waals surface area contributed by atoms with E-state index in [0.717, 1.165) is 16.8 Å². The Hall–Kier alpha value is -3.09. The SMILES string of the molecule is CN1CC(=O)N2[C@H](c3ccc4c(c3)OCO4)c3ncccc3C[C@@H]2C1=O. The number of piperazine rings is 1. The van der Waals surface area contributed by atoms with E-state index in [9.17, 15) is 9.59 Å². The Morgan fingerprint density at radius 1 is 1.15 bits per heavy atom. The first-order chi connectivity index (χ1) is 12.6. The van der Waals surface area contributed by atoms with Gasteiger partial charge in [0.05, 0.1) is 12.2 Å². The largest absolute Gasteiger partial charge is 0.454 e. The molecule has 0 unspecified atom stereocenters. The number of hydrogen-bond donors (Lipinski definition) is 0. The topological polar surface area (TPSA) is 72.0 Å². The summed E-state index contributed by atoms with van der Waals surface area (Å²) < 4.78 is 10.9. The van der Waals surface area contributed by atoms with Crippen molar-refractivity contribution < 1.29 is 19.1 Å². The van der Waals surface area contributed by atoms with Crippen molar-refractivity contribution in [2.75, 3.05) is 20.4 Å². The Morgan fingerprint density at radius 2 is 2.00 bits per heavy atom. The standard InChI is InChI=1S/C19H17N3O4/c1-21-9-16(23)22-13(19(21)24)7-11-3-2-6-20-17(11)18(22)12-4-5-14-15(8-12)26-10-25-14/h2-6,8,13,18H,7,9-10H2,1H3/t13-,18-/m1/s1. The zero-order chi connectivity index (χ0) is 17.8. The summed E-state index contributed by atoms with van der Waals surface area (Å²) in [6.07, 6.45) is 2.21. The van der Waals surface area contributed by atoms with E-state index in [1.807, 2.05) is 30.3 Å². The molecule has 0 spiro atoms. The van der Waals surface area contributed by atoms with E-state index in [1.54, 1.807) is 18.1 Å². The van der Waals surface area contributed by atoms with Crippen LogP contribution in [0.25, 0.3) is 0 Å². The lowest BCUT2D eigenvalue weighted by atomic mass is 9.86. The van der Waals surface area contributed by atoms with Gasteiger partial charge in [-0.2, -0.15) is 0 Å². The average molecular weight is 351 g/mol. The van der Waals surface area contributed by atoms with Crippen LogP contribution in [0.1, 0.15) is 22.9 Å². The lowest BCUT2D eigenvalue weighted by Crippen LogP contribution is -2.62. The Balaban J connectivity index is 1.68. The summed E-state index contributed by atoms with van der Waals surface area (Å²) in [5.74, 6) is 1.22. The first-order valence-electron chi connectivity index (χ1n) is 8.53. The fourth-order valence-electron chi connectivity index (χ4n) is 4.03. The monoisotopic (exact) mass is 351 g/mol. The van der Waals surface area contributed by atoms with Crippen LogP contribution in [0.5, 0.6) is 11.5 Å². The van der Waals surface area contributed by atoms with Crippen molar-refractivity contribution in [2.24, 2.45) is 0 Å². The van der Waals surface area contributed by atoms with Crippen molar-refractivity contribution in [2.45, 2.75) is 18.5 Å². The van der Waals surface area contributed by atoms with Crippen molar-refractivity contribution in [3.8, 4) is 11.5 Å². The molecular weight excluding hydrogens is 334 g/mol. The van der Waals surface area contributed by atoms with Crippen LogP contribution in [-0.4, -0.2) is 53.0 Å². The summed E-state index contributed by atoms with van der Waals surface area (Å²) in [5.41, 5.74) is 2.67. The smallest absolute Gasteiger partial charge is 0.245 e. The van der Waals surface area contributed by atoms with E-state index < -0.39 is 12.1 Å². The minimum atomic E-state index is -0.506. The van der Waals surface area contributed by atoms with Gasteiger partial charge in [0.15, 0.2) is 11.5 Å². The van der Waals surface area contributed by atoms with Crippen molar-refractivity contribution >= 4 is 11.8 Å². The second kappa shape index (κ2) is 5.45. The van der Waals surface area contributed by atoms with Crippen LogP contribution in [0.15, 0.2) is 36.5 Å². The van der Waals surface area contributed by atoms with Gasteiger partial charge >= 0.3 is 0 Å². The molecule has 1 saturated heterocycles. The third-order valence-electron chi connectivity index (χ3n) is 5.25. The molecule has 26 heavy (non-hydrogen) atoms. The summed E-state index contributed by atoms with van der Waals surface area (Å²) in [7, 11) is 1.67. The maximum Gasteiger partial charge on any atom is 0.245 e. The van der Waals surface area contributed by atoms with Crippen molar-refractivity contribution in [3.63, 3.8) is 0 Å². The zero-order valence-electron chi connectivity index (χ0n) is 14.2. The van der Waals surface area contributed by atoms with Crippen LogP contribution in [-0.2, 0) is 16.0 Å². The molecule has 0 radical (unpaired) electrons. The van der Waals surface area contributed by atoms with Gasteiger partial charge in [-0.3, -0.25) is 14.6 Å². The molecule has 7 nitrogen and oxygen atoms in total. The van der Waals surface area contributed by atoms with E-state index in [0.29, 0.717) is 17.9 Å². The summed E-state index contributed by atoms with van der Waals surface area (Å²) in [6.45, 7) is 0.269. The first-order valence-corrected chi connectivity index (χ1v) is 8.53. The molecule has 0 N–H and O–H groups in total. The Labute approximate surface area is 150 Å². The molecule has 0 aliphatic carbocycles. The molecule has 4 heterocycles. The summed E-state index contributed by atoms with van der Waals surface area (Å²) in [5, 5.41) is 0. The first kappa shape index (κ1) is 15.2. The molecule has 3 aliphatic heterocycles. The highest BCUT2D eigenvalue weighted by Crippen LogP contribution is 2.42. The quantitative estimate of drug-likeness (QED) is 0.770. The van der Waals surface area contributed by atoms with Crippen LogP contribution in [0.4, 0.5) is 0 Å². The molecule has 3 aliphatic rings. The number of rotatable bonds is 1. The molecule has 5 rings (SSSR count). The number of aromatic nitrogens is 1. The fourth-order valence-corrected chi connectivity index (χ4v) is 4.03. The highest BCUT2D eigenvalue weighted by atomic mass is 16.7. The maximum absolute atomic E-state index is 12.9. The highest BCUT2D eigenvalue weighted by molar-refractivity contribution is 5.96. The van der Waals surface area contributed by atoms with Crippen LogP contribution >= 0.6 is 0 Å². The fraction of sp³-hybridized carbons (Fsp3) is 0.316. The minimum absolute atomic E-state index is 0.0372. The number of hydrogen-bond acceptors (Lipinski definition) is 5. The summed E-state index contributed by atoms with van der Waals surface area (Å²) >= 11 is 0. The average Bonchev–Trinajstić information content (AvgIpc) is 3.12. The van der Waals surface area contributed by atoms with Gasteiger partial charge < -0.3 is 19.3 Å². The Bertz CT molecular complexity index is 929. The Kier molecular flexibility index (Phi) is 3.19. The number of likely N-dealkylation sites (N-methyl/N-ethyl adjacent to an activating group) is 1. The number of carbonyl (C=O) groups is 2. The minimum Gasteiger partial charge on any atom is -0.454 e. The molecule has 132 valence electrons. The van der Waals surface area contributed by atoms with E-state index >= 15 is 0 Å². The molecule has 0 bridgehead atoms. The van der Waals surface area contributed by atoms with Gasteiger partial charge in [-0.15, -0.1) is 0 Å². The number of fused-ring (bicyclic) bond motifs is 3. The van der Waals surface area contributed by atoms with Gasteiger partial charge in [-0.05, 0) is 29.3 Å². The third-order valence-corrected chi connectivity index (χ3v) is 5.25. The van der Waals surface area contributed by atoms with Crippen molar-refractivity contribution in [1.82, 2.24) is 14.8 Å². The molecule has 1 aromatic heterocycles. The van der Waals surface area contributed by atoms with Gasteiger partial charge in [0.1, 0.15) is 12.1 Å². The number of benzene rings is 1. The number of amides is 2. The maximum atomic E-state index is 12.9. The molecule has 7 heteroatoms. The van der Waals surface area contributed by atoms with Crippen LogP contribution in [0.2, 0.25) is 0 Å². The zero-order valence-corrected chi connectivity index (χ0v) is 14.2. The molecular formula is C19H17N3O4. The van der Waals surface area contributed by atoms with Crippen molar-refractivity contribution in [3.05, 3.63) is 53.3 Å². The number of ether oxygens (including phenoxy) is 2. The molecule has 2 aromatic rings. The van der Waals surface area contributed by atoms with Crippen LogP contribution in [0.3, 0.4) is 0 Å². The number of pyridine rings is 1. The molecule has 0 saturated carbocycles. The number of nitrogens with zero attached hydrogens (tertiary/aromatic N) is 3. The predicted molar refractivity (Wildman–Crippen MR) is 90.6 cm³/mol. The Morgan fingerprint density at radius 3 is 2.88 bits per heavy atom. The van der Waals surface area contributed by atoms with E-state index in [2.05, 4.69) is 4.98 Å². The second-order valence-corrected chi connectivity index (χ2v) is 6.78. The number of carbonyl (C=O) groups excluding carboxylic acids is 2. The predicted octanol–water partition coefficient (Wildman–Crippen LogP) is 1.12. The van der Waals surface area contributed by atoms with Crippen LogP contribution in [0, 0.1) is 0 Å². The molecule has 1 aromatic carbocycles.